The van der Waals surface area contributed by atoms with Crippen molar-refractivity contribution in [3.63, 3.8) is 0 Å². The molecule has 1 aromatic heterocycles. The second-order valence-electron chi connectivity index (χ2n) is 8.96. The Morgan fingerprint density at radius 3 is 2.41 bits per heavy atom. The van der Waals surface area contributed by atoms with Crippen molar-refractivity contribution < 1.29 is 9.53 Å². The first kappa shape index (κ1) is 22.2. The van der Waals surface area contributed by atoms with Crippen LogP contribution in [0.5, 0.6) is 5.75 Å². The number of hydrogen-bond donors (Lipinski definition) is 0. The predicted molar refractivity (Wildman–Crippen MR) is 135 cm³/mol. The summed E-state index contributed by atoms with van der Waals surface area (Å²) >= 11 is 0. The summed E-state index contributed by atoms with van der Waals surface area (Å²) in [6, 6.07) is 28.6. The Labute approximate surface area is 201 Å². The fraction of sp³-hybridized carbons (Fsp3) is 0.310. The molecule has 3 aromatic carbocycles. The molecule has 0 aliphatic carbocycles. The Morgan fingerprint density at radius 2 is 1.59 bits per heavy atom. The maximum Gasteiger partial charge on any atom is 0.223 e. The number of aromatic nitrogens is 2. The van der Waals surface area contributed by atoms with E-state index in [0.717, 1.165) is 61.5 Å². The van der Waals surface area contributed by atoms with Crippen molar-refractivity contribution in [1.29, 1.82) is 0 Å². The lowest BCUT2D eigenvalue weighted by atomic mass is 10.1. The van der Waals surface area contributed by atoms with Gasteiger partial charge in [0.25, 0.3) is 0 Å². The van der Waals surface area contributed by atoms with Gasteiger partial charge in [-0.15, -0.1) is 0 Å². The summed E-state index contributed by atoms with van der Waals surface area (Å²) < 4.78 is 8.19. The Balaban J connectivity index is 1.24. The van der Waals surface area contributed by atoms with Gasteiger partial charge in [-0.05, 0) is 49.1 Å². The monoisotopic (exact) mass is 453 g/mol. The highest BCUT2D eigenvalue weighted by atomic mass is 16.5. The van der Waals surface area contributed by atoms with Crippen molar-refractivity contribution in [1.82, 2.24) is 14.5 Å². The second kappa shape index (κ2) is 10.6. The van der Waals surface area contributed by atoms with Crippen LogP contribution >= 0.6 is 0 Å². The van der Waals surface area contributed by atoms with Gasteiger partial charge in [0.1, 0.15) is 11.6 Å². The average Bonchev–Trinajstić information content (AvgIpc) is 3.44. The zero-order valence-electron chi connectivity index (χ0n) is 19.5. The first-order valence-corrected chi connectivity index (χ1v) is 12.2. The number of aryl methyl sites for hydroxylation is 1. The van der Waals surface area contributed by atoms with E-state index in [1.54, 1.807) is 0 Å². The fourth-order valence-corrected chi connectivity index (χ4v) is 4.79. The minimum atomic E-state index is 0.135. The molecule has 1 amide bonds. The number of carbonyl (C=O) groups is 1. The normalized spacial score (nSPS) is 15.8. The molecule has 0 spiro atoms. The Kier molecular flexibility index (Phi) is 6.89. The molecule has 0 radical (unpaired) electrons. The quantitative estimate of drug-likeness (QED) is 0.300. The van der Waals surface area contributed by atoms with Gasteiger partial charge >= 0.3 is 0 Å². The molecule has 2 heterocycles. The van der Waals surface area contributed by atoms with Gasteiger partial charge in [0, 0.05) is 32.0 Å². The summed E-state index contributed by atoms with van der Waals surface area (Å²) in [4.78, 5) is 19.8. The Bertz CT molecular complexity index is 1220. The van der Waals surface area contributed by atoms with Crippen molar-refractivity contribution in [2.24, 2.45) is 0 Å². The van der Waals surface area contributed by atoms with Crippen LogP contribution in [0.1, 0.15) is 36.6 Å². The predicted octanol–water partition coefficient (Wildman–Crippen LogP) is 5.45. The summed E-state index contributed by atoms with van der Waals surface area (Å²) in [5.74, 6) is 2.32. The van der Waals surface area contributed by atoms with E-state index in [1.165, 1.54) is 5.56 Å². The molecule has 174 valence electrons. The Morgan fingerprint density at radius 1 is 0.853 bits per heavy atom. The van der Waals surface area contributed by atoms with Crippen molar-refractivity contribution in [3.05, 3.63) is 96.3 Å². The molecule has 1 fully saturated rings. The molecule has 1 atom stereocenters. The van der Waals surface area contributed by atoms with Crippen molar-refractivity contribution in [3.8, 4) is 5.75 Å². The van der Waals surface area contributed by atoms with Crippen molar-refractivity contribution in [2.45, 2.75) is 38.1 Å². The molecule has 1 saturated heterocycles. The number of nitrogens with zero attached hydrogens (tertiary/aromatic N) is 3. The van der Waals surface area contributed by atoms with Crippen LogP contribution < -0.4 is 4.74 Å². The molecule has 5 heteroatoms. The van der Waals surface area contributed by atoms with E-state index in [4.69, 9.17) is 9.72 Å². The Hall–Kier alpha value is -3.60. The van der Waals surface area contributed by atoms with Crippen molar-refractivity contribution in [2.75, 3.05) is 19.7 Å². The maximum atomic E-state index is 12.8. The lowest BCUT2D eigenvalue weighted by Crippen LogP contribution is -2.27. The van der Waals surface area contributed by atoms with Gasteiger partial charge in [0.05, 0.1) is 17.6 Å². The SMILES string of the molecule is O=C1CC(c2nc3ccccc3n2CCCCOc2ccccc2)CN1CCc1ccccc1. The fourth-order valence-electron chi connectivity index (χ4n) is 4.79. The number of amides is 1. The van der Waals surface area contributed by atoms with Crippen LogP contribution in [0.15, 0.2) is 84.9 Å². The van der Waals surface area contributed by atoms with E-state index >= 15 is 0 Å². The summed E-state index contributed by atoms with van der Waals surface area (Å²) in [6.45, 7) is 3.08. The highest BCUT2D eigenvalue weighted by molar-refractivity contribution is 5.81. The third kappa shape index (κ3) is 5.14. The van der Waals surface area contributed by atoms with Crippen LogP contribution in [-0.2, 0) is 17.8 Å². The van der Waals surface area contributed by atoms with Crippen LogP contribution in [0, 0.1) is 0 Å². The number of carbonyl (C=O) groups excluding carboxylic acids is 1. The van der Waals surface area contributed by atoms with Crippen LogP contribution in [0.3, 0.4) is 0 Å². The molecule has 5 nitrogen and oxygen atoms in total. The van der Waals surface area contributed by atoms with E-state index in [2.05, 4.69) is 47.0 Å². The molecule has 1 aliphatic rings. The highest BCUT2D eigenvalue weighted by Gasteiger charge is 2.33. The summed E-state index contributed by atoms with van der Waals surface area (Å²) in [7, 11) is 0. The van der Waals surface area contributed by atoms with E-state index in [1.807, 2.05) is 47.4 Å². The van der Waals surface area contributed by atoms with Crippen LogP contribution in [0.25, 0.3) is 11.0 Å². The minimum Gasteiger partial charge on any atom is -0.494 e. The number of likely N-dealkylation sites (tertiary alicyclic amines) is 1. The van der Waals surface area contributed by atoms with Crippen LogP contribution in [0.4, 0.5) is 0 Å². The molecular weight excluding hydrogens is 422 g/mol. The average molecular weight is 454 g/mol. The smallest absolute Gasteiger partial charge is 0.223 e. The standard InChI is InChI=1S/C29H31N3O2/c33-28-21-24(22-31(28)19-17-23-11-3-1-4-12-23)29-30-26-15-7-8-16-27(26)32(29)18-9-10-20-34-25-13-5-2-6-14-25/h1-8,11-16,24H,9-10,17-22H2. The van der Waals surface area contributed by atoms with Gasteiger partial charge in [0.2, 0.25) is 5.91 Å². The number of fused-ring (bicyclic) bond motifs is 1. The van der Waals surface area contributed by atoms with Crippen LogP contribution in [-0.4, -0.2) is 40.1 Å². The topological polar surface area (TPSA) is 47.4 Å². The minimum absolute atomic E-state index is 0.135. The lowest BCUT2D eigenvalue weighted by Gasteiger charge is -2.17. The molecule has 5 rings (SSSR count). The van der Waals surface area contributed by atoms with Gasteiger partial charge in [-0.25, -0.2) is 4.98 Å². The summed E-state index contributed by atoms with van der Waals surface area (Å²) in [5, 5.41) is 0. The number of unbranched alkanes of at least 4 members (excludes halogenated alkanes) is 1. The molecule has 1 unspecified atom stereocenters. The van der Waals surface area contributed by atoms with Crippen molar-refractivity contribution >= 4 is 16.9 Å². The number of para-hydroxylation sites is 3. The van der Waals surface area contributed by atoms with Gasteiger partial charge in [0.15, 0.2) is 0 Å². The third-order valence-electron chi connectivity index (χ3n) is 6.56. The van der Waals surface area contributed by atoms with Gasteiger partial charge in [-0.1, -0.05) is 60.7 Å². The van der Waals surface area contributed by atoms with E-state index in [-0.39, 0.29) is 11.8 Å². The number of benzene rings is 3. The second-order valence-corrected chi connectivity index (χ2v) is 8.96. The number of imidazole rings is 1. The zero-order chi connectivity index (χ0) is 23.2. The van der Waals surface area contributed by atoms with Gasteiger partial charge in [-0.3, -0.25) is 4.79 Å². The maximum absolute atomic E-state index is 12.8. The van der Waals surface area contributed by atoms with E-state index in [9.17, 15) is 4.79 Å². The zero-order valence-corrected chi connectivity index (χ0v) is 19.5. The van der Waals surface area contributed by atoms with E-state index in [0.29, 0.717) is 13.0 Å². The number of ether oxygens (including phenoxy) is 1. The molecule has 0 saturated carbocycles. The molecule has 1 aliphatic heterocycles. The van der Waals surface area contributed by atoms with Gasteiger partial charge < -0.3 is 14.2 Å². The van der Waals surface area contributed by atoms with E-state index < -0.39 is 0 Å². The third-order valence-corrected chi connectivity index (χ3v) is 6.56. The molecule has 4 aromatic rings. The van der Waals surface area contributed by atoms with Crippen LogP contribution in [0.2, 0.25) is 0 Å². The molecule has 34 heavy (non-hydrogen) atoms. The number of hydrogen-bond acceptors (Lipinski definition) is 3. The summed E-state index contributed by atoms with van der Waals surface area (Å²) in [6.07, 6.45) is 3.39. The number of rotatable bonds is 10. The molecule has 0 bridgehead atoms. The highest BCUT2D eigenvalue weighted by Crippen LogP contribution is 2.31. The first-order chi connectivity index (χ1) is 16.8. The molecule has 0 N–H and O–H groups in total. The largest absolute Gasteiger partial charge is 0.494 e. The summed E-state index contributed by atoms with van der Waals surface area (Å²) in [5.41, 5.74) is 3.42. The first-order valence-electron chi connectivity index (χ1n) is 12.2. The lowest BCUT2D eigenvalue weighted by molar-refractivity contribution is -0.127. The van der Waals surface area contributed by atoms with Gasteiger partial charge in [-0.2, -0.15) is 0 Å². The molecular formula is C29H31N3O2.